The molecule has 0 radical (unpaired) electrons. The minimum atomic E-state index is -1.02. The van der Waals surface area contributed by atoms with Crippen molar-refractivity contribution in [2.24, 2.45) is 5.92 Å². The van der Waals surface area contributed by atoms with E-state index in [2.05, 4.69) is 0 Å². The summed E-state index contributed by atoms with van der Waals surface area (Å²) in [5, 5.41) is 9.10. The molecule has 2 atom stereocenters. The van der Waals surface area contributed by atoms with E-state index in [1.807, 2.05) is 6.92 Å². The fourth-order valence-corrected chi connectivity index (χ4v) is 1.86. The monoisotopic (exact) mass is 244 g/mol. The van der Waals surface area contributed by atoms with Crippen molar-refractivity contribution in [3.05, 3.63) is 34.6 Å². The summed E-state index contributed by atoms with van der Waals surface area (Å²) in [4.78, 5) is 11.2. The fraction of sp³-hybridized carbons (Fsp3) is 0.417. The maximum Gasteiger partial charge on any atom is 0.311 e. The Kier molecular flexibility index (Phi) is 4.30. The number of benzene rings is 1. The van der Waals surface area contributed by atoms with Gasteiger partial charge in [-0.05, 0) is 12.0 Å². The zero-order chi connectivity index (χ0) is 12.3. The van der Waals surface area contributed by atoms with Gasteiger partial charge < -0.3 is 5.11 Å². The van der Waals surface area contributed by atoms with Gasteiger partial charge in [0, 0.05) is 5.56 Å². The summed E-state index contributed by atoms with van der Waals surface area (Å²) in [5.74, 6) is -2.62. The molecular weight excluding hydrogens is 231 g/mol. The first-order valence-electron chi connectivity index (χ1n) is 5.15. The number of aliphatic carboxylic acids is 1. The molecule has 0 aliphatic carbocycles. The predicted molar refractivity (Wildman–Crippen MR) is 61.2 cm³/mol. The second-order valence-electron chi connectivity index (χ2n) is 3.84. The molecule has 1 rings (SSSR count). The molecule has 1 aromatic rings. The van der Waals surface area contributed by atoms with Crippen molar-refractivity contribution in [3.8, 4) is 0 Å². The van der Waals surface area contributed by atoms with Gasteiger partial charge in [-0.15, -0.1) is 0 Å². The van der Waals surface area contributed by atoms with Crippen molar-refractivity contribution in [2.75, 3.05) is 0 Å². The third-order valence-electron chi connectivity index (χ3n) is 2.80. The average Bonchev–Trinajstić information content (AvgIpc) is 2.24. The number of carboxylic acid groups (broad SMARTS) is 1. The molecule has 0 heterocycles. The fourth-order valence-electron chi connectivity index (χ4n) is 1.68. The Balaban J connectivity index is 3.21. The molecule has 0 aliphatic rings. The Bertz CT molecular complexity index is 393. The van der Waals surface area contributed by atoms with Gasteiger partial charge in [0.1, 0.15) is 5.82 Å². The van der Waals surface area contributed by atoms with E-state index in [9.17, 15) is 9.18 Å². The van der Waals surface area contributed by atoms with Crippen LogP contribution in [0.3, 0.4) is 0 Å². The van der Waals surface area contributed by atoms with Gasteiger partial charge in [-0.2, -0.15) is 0 Å². The lowest BCUT2D eigenvalue weighted by atomic mass is 9.85. The normalized spacial score (nSPS) is 14.5. The summed E-state index contributed by atoms with van der Waals surface area (Å²) in [6.07, 6.45) is 0.670. The van der Waals surface area contributed by atoms with Crippen molar-refractivity contribution in [1.29, 1.82) is 0 Å². The summed E-state index contributed by atoms with van der Waals surface area (Å²) in [6.45, 7) is 3.67. The highest BCUT2D eigenvalue weighted by Gasteiger charge is 2.28. The van der Waals surface area contributed by atoms with Gasteiger partial charge in [-0.1, -0.05) is 44.0 Å². The minimum Gasteiger partial charge on any atom is -0.481 e. The third-order valence-corrected chi connectivity index (χ3v) is 3.09. The molecule has 1 N–H and O–H groups in total. The minimum absolute atomic E-state index is 0.0351. The molecule has 4 heteroatoms. The number of carboxylic acids is 1. The van der Waals surface area contributed by atoms with Crippen molar-refractivity contribution in [3.63, 3.8) is 0 Å². The number of rotatable bonds is 4. The first kappa shape index (κ1) is 13.0. The molecule has 0 spiro atoms. The molecule has 0 aliphatic heterocycles. The van der Waals surface area contributed by atoms with Gasteiger partial charge in [0.15, 0.2) is 0 Å². The van der Waals surface area contributed by atoms with E-state index in [1.54, 1.807) is 13.0 Å². The number of hydrogen-bond donors (Lipinski definition) is 1. The predicted octanol–water partition coefficient (Wildman–Crippen LogP) is 3.69. The Morgan fingerprint density at radius 1 is 1.56 bits per heavy atom. The molecule has 88 valence electrons. The van der Waals surface area contributed by atoms with Crippen molar-refractivity contribution >= 4 is 17.6 Å². The summed E-state index contributed by atoms with van der Waals surface area (Å²) < 4.78 is 13.7. The van der Waals surface area contributed by atoms with E-state index < -0.39 is 17.7 Å². The van der Waals surface area contributed by atoms with Gasteiger partial charge in [-0.3, -0.25) is 4.79 Å². The summed E-state index contributed by atoms with van der Waals surface area (Å²) in [6, 6.07) is 4.46. The number of hydrogen-bond acceptors (Lipinski definition) is 1. The molecule has 0 bridgehead atoms. The van der Waals surface area contributed by atoms with Gasteiger partial charge >= 0.3 is 5.97 Å². The van der Waals surface area contributed by atoms with Gasteiger partial charge in [0.2, 0.25) is 0 Å². The highest BCUT2D eigenvalue weighted by Crippen LogP contribution is 2.31. The number of halogens is 2. The van der Waals surface area contributed by atoms with Crippen LogP contribution in [0.5, 0.6) is 0 Å². The van der Waals surface area contributed by atoms with Crippen molar-refractivity contribution < 1.29 is 14.3 Å². The van der Waals surface area contributed by atoms with Gasteiger partial charge in [-0.25, -0.2) is 4.39 Å². The maximum absolute atomic E-state index is 13.7. The molecule has 0 saturated carbocycles. The van der Waals surface area contributed by atoms with E-state index >= 15 is 0 Å². The summed E-state index contributed by atoms with van der Waals surface area (Å²) in [5.41, 5.74) is 0.161. The first-order valence-corrected chi connectivity index (χ1v) is 5.53. The molecule has 2 unspecified atom stereocenters. The quantitative estimate of drug-likeness (QED) is 0.877. The second-order valence-corrected chi connectivity index (χ2v) is 4.25. The van der Waals surface area contributed by atoms with Crippen molar-refractivity contribution in [1.82, 2.24) is 0 Å². The van der Waals surface area contributed by atoms with Crippen LogP contribution >= 0.6 is 11.6 Å². The topological polar surface area (TPSA) is 37.3 Å². The van der Waals surface area contributed by atoms with Gasteiger partial charge in [0.25, 0.3) is 0 Å². The zero-order valence-corrected chi connectivity index (χ0v) is 9.96. The molecule has 0 fully saturated rings. The van der Waals surface area contributed by atoms with Gasteiger partial charge in [0.05, 0.1) is 10.9 Å². The average molecular weight is 245 g/mol. The smallest absolute Gasteiger partial charge is 0.311 e. The van der Waals surface area contributed by atoms with E-state index in [4.69, 9.17) is 16.7 Å². The molecule has 0 aromatic heterocycles. The molecule has 16 heavy (non-hydrogen) atoms. The standard InChI is InChI=1S/C12H14ClFO2/c1-3-7(2)10(12(15)16)8-5-4-6-9(13)11(8)14/h4-7,10H,3H2,1-2H3,(H,15,16). The molecule has 0 amide bonds. The van der Waals surface area contributed by atoms with Crippen LogP contribution in [0, 0.1) is 11.7 Å². The maximum atomic E-state index is 13.7. The van der Waals surface area contributed by atoms with Crippen molar-refractivity contribution in [2.45, 2.75) is 26.2 Å². The van der Waals surface area contributed by atoms with E-state index in [0.29, 0.717) is 6.42 Å². The van der Waals surface area contributed by atoms with Crippen LogP contribution in [0.2, 0.25) is 5.02 Å². The highest BCUT2D eigenvalue weighted by atomic mass is 35.5. The van der Waals surface area contributed by atoms with Crippen LogP contribution in [0.15, 0.2) is 18.2 Å². The van der Waals surface area contributed by atoms with Crippen LogP contribution < -0.4 is 0 Å². The molecule has 0 saturated heterocycles. The lowest BCUT2D eigenvalue weighted by molar-refractivity contribution is -0.140. The third kappa shape index (κ3) is 2.53. The Hall–Kier alpha value is -1.09. The molecule has 1 aromatic carbocycles. The van der Waals surface area contributed by atoms with Crippen LogP contribution in [0.25, 0.3) is 0 Å². The second kappa shape index (κ2) is 5.30. The molecular formula is C12H14ClFO2. The number of carbonyl (C=O) groups is 1. The summed E-state index contributed by atoms with van der Waals surface area (Å²) in [7, 11) is 0. The zero-order valence-electron chi connectivity index (χ0n) is 9.21. The first-order chi connectivity index (χ1) is 7.49. The Morgan fingerprint density at radius 3 is 2.69 bits per heavy atom. The van der Waals surface area contributed by atoms with E-state index in [-0.39, 0.29) is 16.5 Å². The lowest BCUT2D eigenvalue weighted by Gasteiger charge is -2.19. The van der Waals surface area contributed by atoms with Crippen LogP contribution in [0.1, 0.15) is 31.7 Å². The van der Waals surface area contributed by atoms with Crippen LogP contribution in [-0.4, -0.2) is 11.1 Å². The van der Waals surface area contributed by atoms with Crippen LogP contribution in [0.4, 0.5) is 4.39 Å². The van der Waals surface area contributed by atoms with E-state index in [0.717, 1.165) is 0 Å². The summed E-state index contributed by atoms with van der Waals surface area (Å²) >= 11 is 5.64. The largest absolute Gasteiger partial charge is 0.481 e. The van der Waals surface area contributed by atoms with E-state index in [1.165, 1.54) is 12.1 Å². The molecule has 2 nitrogen and oxygen atoms in total. The van der Waals surface area contributed by atoms with Crippen LogP contribution in [-0.2, 0) is 4.79 Å². The lowest BCUT2D eigenvalue weighted by Crippen LogP contribution is -2.20. The Labute approximate surface area is 99.0 Å². The SMILES string of the molecule is CCC(C)C(C(=O)O)c1cccc(Cl)c1F. The highest BCUT2D eigenvalue weighted by molar-refractivity contribution is 6.30. The Morgan fingerprint density at radius 2 is 2.19 bits per heavy atom.